The standard InChI is InChI=1S/C67H40/c1-4-21-49-41(16-1)34-35-62-66(49)59-38-44-33-32-43(37-47(44)40-63(59)67(62)60-30-13-11-24-52(60)53-25-12-14-31-61(53)67)42-18-15-19-46(36-42)64-54-26-7-9-28-56(54)65(57-29-10-8-27-55(57)64)58-39-45-17-2-3-20-48(45)50-22-5-6-23-51(50)58/h1-40H. The highest BCUT2D eigenvalue weighted by Crippen LogP contribution is 2.64. The minimum absolute atomic E-state index is 0.417. The zero-order valence-corrected chi connectivity index (χ0v) is 36.6. The molecule has 0 N–H and O–H groups in total. The molecule has 15 rings (SSSR count). The van der Waals surface area contributed by atoms with Crippen molar-refractivity contribution in [3.63, 3.8) is 0 Å². The average molecular weight is 845 g/mol. The quantitative estimate of drug-likeness (QED) is 0.123. The van der Waals surface area contributed by atoms with Gasteiger partial charge >= 0.3 is 0 Å². The molecule has 0 atom stereocenters. The van der Waals surface area contributed by atoms with Crippen molar-refractivity contribution in [2.75, 3.05) is 0 Å². The zero-order chi connectivity index (χ0) is 43.8. The second-order valence-electron chi connectivity index (χ2n) is 18.6. The summed E-state index contributed by atoms with van der Waals surface area (Å²) in [6, 6.07) is 91.5. The Morgan fingerprint density at radius 3 is 1.43 bits per heavy atom. The molecule has 0 saturated carbocycles. The van der Waals surface area contributed by atoms with Crippen LogP contribution in [0.15, 0.2) is 243 Å². The molecule has 13 aromatic rings. The third kappa shape index (κ3) is 4.97. The summed E-state index contributed by atoms with van der Waals surface area (Å²) in [5.74, 6) is 0. The highest BCUT2D eigenvalue weighted by atomic mass is 14.5. The topological polar surface area (TPSA) is 0 Å². The fraction of sp³-hybridized carbons (Fsp3) is 0.0149. The van der Waals surface area contributed by atoms with E-state index in [1.807, 2.05) is 0 Å². The van der Waals surface area contributed by atoms with E-state index in [2.05, 4.69) is 243 Å². The highest BCUT2D eigenvalue weighted by Gasteiger charge is 2.52. The lowest BCUT2D eigenvalue weighted by Gasteiger charge is -2.30. The van der Waals surface area contributed by atoms with Crippen molar-refractivity contribution in [2.45, 2.75) is 5.41 Å². The maximum Gasteiger partial charge on any atom is 0.0725 e. The van der Waals surface area contributed by atoms with Crippen LogP contribution >= 0.6 is 0 Å². The van der Waals surface area contributed by atoms with Gasteiger partial charge in [0.05, 0.1) is 5.41 Å². The molecule has 13 aromatic carbocycles. The zero-order valence-electron chi connectivity index (χ0n) is 36.6. The Hall–Kier alpha value is -8.58. The van der Waals surface area contributed by atoms with Gasteiger partial charge in [-0.2, -0.15) is 0 Å². The minimum Gasteiger partial charge on any atom is -0.0619 e. The third-order valence-corrected chi connectivity index (χ3v) is 15.4. The van der Waals surface area contributed by atoms with Gasteiger partial charge in [0.15, 0.2) is 0 Å². The van der Waals surface area contributed by atoms with E-state index in [9.17, 15) is 0 Å². The number of benzene rings is 13. The Bertz CT molecular complexity index is 4180. The minimum atomic E-state index is -0.417. The predicted octanol–water partition coefficient (Wildman–Crippen LogP) is 18.0. The Morgan fingerprint density at radius 2 is 0.716 bits per heavy atom. The van der Waals surface area contributed by atoms with Crippen LogP contribution in [-0.2, 0) is 5.41 Å². The van der Waals surface area contributed by atoms with Crippen LogP contribution in [0.2, 0.25) is 0 Å². The van der Waals surface area contributed by atoms with E-state index < -0.39 is 5.41 Å². The van der Waals surface area contributed by atoms with Crippen molar-refractivity contribution in [2.24, 2.45) is 0 Å². The van der Waals surface area contributed by atoms with E-state index in [0.29, 0.717) is 0 Å². The molecule has 308 valence electrons. The molecule has 2 aliphatic rings. The molecule has 0 heterocycles. The molecule has 2 aliphatic carbocycles. The fourth-order valence-electron chi connectivity index (χ4n) is 12.7. The second-order valence-corrected chi connectivity index (χ2v) is 18.6. The summed E-state index contributed by atoms with van der Waals surface area (Å²) in [6.45, 7) is 0. The van der Waals surface area contributed by atoms with Gasteiger partial charge in [-0.1, -0.05) is 212 Å². The molecule has 0 nitrogen and oxygen atoms in total. The van der Waals surface area contributed by atoms with Gasteiger partial charge in [0.1, 0.15) is 0 Å². The van der Waals surface area contributed by atoms with Gasteiger partial charge in [-0.05, 0) is 173 Å². The molecule has 1 spiro atoms. The van der Waals surface area contributed by atoms with Crippen molar-refractivity contribution < 1.29 is 0 Å². The highest BCUT2D eigenvalue weighted by molar-refractivity contribution is 6.26. The molecule has 0 aromatic heterocycles. The van der Waals surface area contributed by atoms with E-state index in [-0.39, 0.29) is 0 Å². The lowest BCUT2D eigenvalue weighted by atomic mass is 9.70. The fourth-order valence-corrected chi connectivity index (χ4v) is 12.7. The van der Waals surface area contributed by atoms with Crippen LogP contribution in [0.1, 0.15) is 22.3 Å². The molecule has 0 amide bonds. The van der Waals surface area contributed by atoms with Crippen LogP contribution in [-0.4, -0.2) is 0 Å². The number of rotatable bonds is 3. The third-order valence-electron chi connectivity index (χ3n) is 15.4. The van der Waals surface area contributed by atoms with Crippen molar-refractivity contribution in [3.8, 4) is 55.6 Å². The first-order valence-corrected chi connectivity index (χ1v) is 23.5. The second kappa shape index (κ2) is 13.7. The SMILES string of the molecule is c1cc(-c2ccc3cc4c(cc3c2)C2(c3ccccc3-c3ccccc32)c2ccc3ccccc3c2-4)cc(-c2c3ccccc3c(-c3cc4ccccc4c4ccccc34)c3ccccc23)c1. The van der Waals surface area contributed by atoms with Crippen LogP contribution in [0.25, 0.3) is 120 Å². The average Bonchev–Trinajstić information content (AvgIpc) is 3.86. The van der Waals surface area contributed by atoms with Crippen LogP contribution in [0.3, 0.4) is 0 Å². The first kappa shape index (κ1) is 36.7. The molecule has 0 heteroatoms. The Kier molecular flexibility index (Phi) is 7.52. The van der Waals surface area contributed by atoms with Crippen LogP contribution in [0.5, 0.6) is 0 Å². The maximum absolute atomic E-state index is 2.53. The van der Waals surface area contributed by atoms with Gasteiger partial charge < -0.3 is 0 Å². The number of fused-ring (bicyclic) bond motifs is 18. The summed E-state index contributed by atoms with van der Waals surface area (Å²) < 4.78 is 0. The lowest BCUT2D eigenvalue weighted by Crippen LogP contribution is -2.25. The summed E-state index contributed by atoms with van der Waals surface area (Å²) in [4.78, 5) is 0. The molecule has 0 unspecified atom stereocenters. The van der Waals surface area contributed by atoms with Crippen molar-refractivity contribution >= 4 is 64.6 Å². The number of hydrogen-bond acceptors (Lipinski definition) is 0. The van der Waals surface area contributed by atoms with Crippen LogP contribution in [0.4, 0.5) is 0 Å². The summed E-state index contributed by atoms with van der Waals surface area (Å²) in [7, 11) is 0. The molecular weight excluding hydrogens is 805 g/mol. The van der Waals surface area contributed by atoms with E-state index in [1.54, 1.807) is 0 Å². The largest absolute Gasteiger partial charge is 0.0725 e. The number of hydrogen-bond donors (Lipinski definition) is 0. The molecule has 0 saturated heterocycles. The predicted molar refractivity (Wildman–Crippen MR) is 284 cm³/mol. The van der Waals surface area contributed by atoms with E-state index in [0.717, 1.165) is 0 Å². The van der Waals surface area contributed by atoms with E-state index in [4.69, 9.17) is 0 Å². The summed E-state index contributed by atoms with van der Waals surface area (Å²) in [5.41, 5.74) is 17.9. The van der Waals surface area contributed by atoms with Gasteiger partial charge in [-0.3, -0.25) is 0 Å². The first-order chi connectivity index (χ1) is 33.2. The monoisotopic (exact) mass is 844 g/mol. The van der Waals surface area contributed by atoms with Gasteiger partial charge in [-0.25, -0.2) is 0 Å². The van der Waals surface area contributed by atoms with Gasteiger partial charge in [-0.15, -0.1) is 0 Å². The van der Waals surface area contributed by atoms with E-state index >= 15 is 0 Å². The smallest absolute Gasteiger partial charge is 0.0619 e. The van der Waals surface area contributed by atoms with Crippen molar-refractivity contribution in [3.05, 3.63) is 265 Å². The van der Waals surface area contributed by atoms with Gasteiger partial charge in [0.2, 0.25) is 0 Å². The Morgan fingerprint density at radius 1 is 0.194 bits per heavy atom. The van der Waals surface area contributed by atoms with Crippen LogP contribution < -0.4 is 0 Å². The summed E-state index contributed by atoms with van der Waals surface area (Å²) in [6.07, 6.45) is 0. The van der Waals surface area contributed by atoms with Crippen molar-refractivity contribution in [1.82, 2.24) is 0 Å². The molecule has 0 aliphatic heterocycles. The summed E-state index contributed by atoms with van der Waals surface area (Å²) in [5, 5.41) is 15.2. The maximum atomic E-state index is 2.53. The Balaban J connectivity index is 0.936. The van der Waals surface area contributed by atoms with Crippen LogP contribution in [0, 0.1) is 0 Å². The Labute approximate surface area is 388 Å². The summed E-state index contributed by atoms with van der Waals surface area (Å²) >= 11 is 0. The first-order valence-electron chi connectivity index (χ1n) is 23.5. The van der Waals surface area contributed by atoms with Crippen molar-refractivity contribution in [1.29, 1.82) is 0 Å². The molecule has 0 radical (unpaired) electrons. The normalized spacial score (nSPS) is 13.2. The van der Waals surface area contributed by atoms with Gasteiger partial charge in [0, 0.05) is 0 Å². The molecule has 67 heavy (non-hydrogen) atoms. The lowest BCUT2D eigenvalue weighted by molar-refractivity contribution is 0.795. The van der Waals surface area contributed by atoms with Gasteiger partial charge in [0.25, 0.3) is 0 Å². The molecule has 0 bridgehead atoms. The molecule has 0 fully saturated rings. The molecular formula is C67H40. The van der Waals surface area contributed by atoms with E-state index in [1.165, 1.54) is 143 Å².